The lowest BCUT2D eigenvalue weighted by Gasteiger charge is -2.08. The van der Waals surface area contributed by atoms with Gasteiger partial charge in [-0.15, -0.1) is 0 Å². The van der Waals surface area contributed by atoms with Gasteiger partial charge in [0, 0.05) is 5.92 Å². The summed E-state index contributed by atoms with van der Waals surface area (Å²) < 4.78 is 5.55. The standard InChI is InChI=1S/C13H17O2/c1-3-4-8-15-13-7-5-6-12(9-13)11(2)10-14/h5-7,9,11H,3-4,8H2,1-2H3. The zero-order chi connectivity index (χ0) is 11.1. The van der Waals surface area contributed by atoms with Crippen molar-refractivity contribution in [2.75, 3.05) is 6.61 Å². The first-order chi connectivity index (χ1) is 7.27. The summed E-state index contributed by atoms with van der Waals surface area (Å²) >= 11 is 0. The number of rotatable bonds is 6. The van der Waals surface area contributed by atoms with Crippen LogP contribution in [-0.2, 0) is 4.79 Å². The molecule has 1 rings (SSSR count). The molecule has 1 radical (unpaired) electrons. The van der Waals surface area contributed by atoms with Crippen molar-refractivity contribution >= 4 is 6.29 Å². The third-order valence-corrected chi connectivity index (χ3v) is 2.30. The minimum absolute atomic E-state index is 0.181. The molecule has 0 N–H and O–H groups in total. The van der Waals surface area contributed by atoms with Gasteiger partial charge in [0.1, 0.15) is 5.75 Å². The maximum absolute atomic E-state index is 10.5. The van der Waals surface area contributed by atoms with Crippen LogP contribution in [0.5, 0.6) is 5.75 Å². The molecule has 81 valence electrons. The fourth-order valence-corrected chi connectivity index (χ4v) is 1.28. The number of hydrogen-bond donors (Lipinski definition) is 0. The average Bonchev–Trinajstić information content (AvgIpc) is 2.29. The van der Waals surface area contributed by atoms with Crippen LogP contribution in [0.25, 0.3) is 0 Å². The predicted octanol–water partition coefficient (Wildman–Crippen LogP) is 3.08. The van der Waals surface area contributed by atoms with Gasteiger partial charge in [-0.2, -0.15) is 0 Å². The summed E-state index contributed by atoms with van der Waals surface area (Å²) in [5.74, 6) is 0.655. The van der Waals surface area contributed by atoms with Gasteiger partial charge in [-0.25, -0.2) is 0 Å². The molecule has 1 atom stereocenters. The first-order valence-electron chi connectivity index (χ1n) is 5.38. The quantitative estimate of drug-likeness (QED) is 0.667. The van der Waals surface area contributed by atoms with Crippen molar-refractivity contribution in [3.05, 3.63) is 29.8 Å². The van der Waals surface area contributed by atoms with E-state index >= 15 is 0 Å². The molecule has 0 aliphatic heterocycles. The van der Waals surface area contributed by atoms with Crippen molar-refractivity contribution in [2.45, 2.75) is 32.6 Å². The largest absolute Gasteiger partial charge is 0.494 e. The minimum Gasteiger partial charge on any atom is -0.494 e. The summed E-state index contributed by atoms with van der Waals surface area (Å²) in [6, 6.07) is 7.65. The molecule has 0 saturated heterocycles. The van der Waals surface area contributed by atoms with Crippen molar-refractivity contribution in [1.29, 1.82) is 0 Å². The van der Waals surface area contributed by atoms with Crippen molar-refractivity contribution in [1.82, 2.24) is 0 Å². The van der Waals surface area contributed by atoms with E-state index in [0.29, 0.717) is 0 Å². The lowest BCUT2D eigenvalue weighted by molar-refractivity contribution is 0.309. The molecule has 0 fully saturated rings. The van der Waals surface area contributed by atoms with E-state index in [4.69, 9.17) is 4.74 Å². The molecule has 2 nitrogen and oxygen atoms in total. The van der Waals surface area contributed by atoms with Crippen molar-refractivity contribution in [3.63, 3.8) is 0 Å². The van der Waals surface area contributed by atoms with Crippen molar-refractivity contribution in [2.24, 2.45) is 0 Å². The summed E-state index contributed by atoms with van der Waals surface area (Å²) in [4.78, 5) is 10.5. The van der Waals surface area contributed by atoms with Gasteiger partial charge >= 0.3 is 0 Å². The van der Waals surface area contributed by atoms with E-state index in [1.165, 1.54) is 0 Å². The molecular weight excluding hydrogens is 188 g/mol. The summed E-state index contributed by atoms with van der Waals surface area (Å²) in [6.07, 6.45) is 4.15. The lowest BCUT2D eigenvalue weighted by Crippen LogP contribution is -1.98. The van der Waals surface area contributed by atoms with Gasteiger partial charge in [0.25, 0.3) is 0 Å². The third-order valence-electron chi connectivity index (χ3n) is 2.30. The molecule has 0 amide bonds. The first-order valence-corrected chi connectivity index (χ1v) is 5.38. The maximum atomic E-state index is 10.5. The number of ether oxygens (including phenoxy) is 1. The molecule has 0 aliphatic rings. The van der Waals surface area contributed by atoms with E-state index in [1.54, 1.807) is 0 Å². The number of unbranched alkanes of at least 4 members (excludes halogenated alkanes) is 1. The van der Waals surface area contributed by atoms with Crippen LogP contribution in [-0.4, -0.2) is 12.9 Å². The second-order valence-electron chi connectivity index (χ2n) is 3.61. The number of benzene rings is 1. The van der Waals surface area contributed by atoms with E-state index in [0.717, 1.165) is 30.8 Å². The second kappa shape index (κ2) is 6.23. The van der Waals surface area contributed by atoms with Crippen LogP contribution in [0.2, 0.25) is 0 Å². The second-order valence-corrected chi connectivity index (χ2v) is 3.61. The Kier molecular flexibility index (Phi) is 4.88. The molecule has 0 heterocycles. The molecule has 1 aromatic carbocycles. The summed E-state index contributed by atoms with van der Waals surface area (Å²) in [7, 11) is 0. The lowest BCUT2D eigenvalue weighted by atomic mass is 10.0. The molecule has 0 aliphatic carbocycles. The highest BCUT2D eigenvalue weighted by atomic mass is 16.5. The molecule has 0 bridgehead atoms. The van der Waals surface area contributed by atoms with Gasteiger partial charge in [-0.3, -0.25) is 4.79 Å². The molecule has 0 aromatic heterocycles. The van der Waals surface area contributed by atoms with Gasteiger partial charge < -0.3 is 4.74 Å². The molecule has 0 spiro atoms. The molecule has 0 saturated carbocycles. The zero-order valence-corrected chi connectivity index (χ0v) is 9.32. The molecule has 1 unspecified atom stereocenters. The zero-order valence-electron chi connectivity index (χ0n) is 9.32. The fourth-order valence-electron chi connectivity index (χ4n) is 1.28. The van der Waals surface area contributed by atoms with Gasteiger partial charge in [-0.1, -0.05) is 32.4 Å². The van der Waals surface area contributed by atoms with E-state index in [-0.39, 0.29) is 5.92 Å². The van der Waals surface area contributed by atoms with Crippen LogP contribution in [0.4, 0.5) is 0 Å². The van der Waals surface area contributed by atoms with Crippen LogP contribution in [0.3, 0.4) is 0 Å². The van der Waals surface area contributed by atoms with Crippen LogP contribution in [0.1, 0.15) is 38.2 Å². The van der Waals surface area contributed by atoms with Gasteiger partial charge in [0.05, 0.1) is 6.61 Å². The number of carbonyl (C=O) groups excluding carboxylic acids is 1. The van der Waals surface area contributed by atoms with Crippen LogP contribution >= 0.6 is 0 Å². The van der Waals surface area contributed by atoms with E-state index in [1.807, 2.05) is 37.5 Å². The summed E-state index contributed by atoms with van der Waals surface area (Å²) in [5.41, 5.74) is 0.957. The van der Waals surface area contributed by atoms with E-state index in [9.17, 15) is 4.79 Å². The Hall–Kier alpha value is -1.31. The van der Waals surface area contributed by atoms with Gasteiger partial charge in [-0.05, 0) is 24.1 Å². The van der Waals surface area contributed by atoms with Gasteiger partial charge in [0.15, 0.2) is 0 Å². The van der Waals surface area contributed by atoms with Gasteiger partial charge in [0.2, 0.25) is 6.29 Å². The Morgan fingerprint density at radius 2 is 2.27 bits per heavy atom. The molecule has 15 heavy (non-hydrogen) atoms. The predicted molar refractivity (Wildman–Crippen MR) is 61.0 cm³/mol. The topological polar surface area (TPSA) is 26.3 Å². The summed E-state index contributed by atoms with van der Waals surface area (Å²) in [6.45, 7) is 4.69. The highest BCUT2D eigenvalue weighted by molar-refractivity contribution is 5.62. The van der Waals surface area contributed by atoms with E-state index in [2.05, 4.69) is 6.92 Å². The monoisotopic (exact) mass is 205 g/mol. The van der Waals surface area contributed by atoms with Crippen LogP contribution in [0.15, 0.2) is 24.3 Å². The Bertz CT molecular complexity index is 307. The normalized spacial score (nSPS) is 12.1. The van der Waals surface area contributed by atoms with E-state index < -0.39 is 0 Å². The Labute approximate surface area is 91.3 Å². The smallest absolute Gasteiger partial charge is 0.206 e. The summed E-state index contributed by atoms with van der Waals surface area (Å²) in [5, 5.41) is 0. The van der Waals surface area contributed by atoms with Crippen LogP contribution < -0.4 is 4.74 Å². The highest BCUT2D eigenvalue weighted by Gasteiger charge is 2.05. The molecule has 1 aromatic rings. The Balaban J connectivity index is 2.61. The average molecular weight is 205 g/mol. The van der Waals surface area contributed by atoms with Crippen LogP contribution in [0, 0.1) is 0 Å². The number of hydrogen-bond acceptors (Lipinski definition) is 2. The SMILES string of the molecule is CCCCOc1cccc(C(C)[C]=O)c1. The fraction of sp³-hybridized carbons (Fsp3) is 0.462. The Morgan fingerprint density at radius 3 is 2.93 bits per heavy atom. The molecular formula is C13H17O2. The Morgan fingerprint density at radius 1 is 1.47 bits per heavy atom. The molecule has 2 heteroatoms. The van der Waals surface area contributed by atoms with Crippen molar-refractivity contribution < 1.29 is 9.53 Å². The maximum Gasteiger partial charge on any atom is 0.206 e. The van der Waals surface area contributed by atoms with Crippen molar-refractivity contribution in [3.8, 4) is 5.75 Å². The third kappa shape index (κ3) is 3.74. The highest BCUT2D eigenvalue weighted by Crippen LogP contribution is 2.19. The first kappa shape index (κ1) is 11.8. The minimum atomic E-state index is -0.181.